The number of hydrogen-bond donors (Lipinski definition) is 2. The Morgan fingerprint density at radius 3 is 2.07 bits per heavy atom. The smallest absolute Gasteiger partial charge is 0.264 e. The van der Waals surface area contributed by atoms with Gasteiger partial charge in [0.05, 0.1) is 30.5 Å². The van der Waals surface area contributed by atoms with Crippen molar-refractivity contribution in [3.05, 3.63) is 114 Å². The largest absolute Gasteiger partial charge is 0.497 e. The van der Waals surface area contributed by atoms with E-state index in [0.717, 1.165) is 4.31 Å². The first-order valence-electron chi connectivity index (χ1n) is 12.8. The van der Waals surface area contributed by atoms with Crippen molar-refractivity contribution in [3.63, 3.8) is 0 Å². The lowest BCUT2D eigenvalue weighted by Gasteiger charge is -2.25. The van der Waals surface area contributed by atoms with Crippen LogP contribution in [-0.4, -0.2) is 46.7 Å². The Labute approximate surface area is 244 Å². The first kappa shape index (κ1) is 29.8. The third-order valence-corrected chi connectivity index (χ3v) is 7.99. The maximum atomic E-state index is 13.7. The molecule has 0 fully saturated rings. The molecule has 11 heteroatoms. The van der Waals surface area contributed by atoms with E-state index in [9.17, 15) is 18.0 Å². The highest BCUT2D eigenvalue weighted by Crippen LogP contribution is 2.35. The minimum absolute atomic E-state index is 0.00167. The highest BCUT2D eigenvalue weighted by atomic mass is 32.2. The van der Waals surface area contributed by atoms with Crippen molar-refractivity contribution < 1.29 is 27.5 Å². The fraction of sp³-hybridized carbons (Fsp3) is 0.129. The van der Waals surface area contributed by atoms with E-state index in [1.807, 2.05) is 6.07 Å². The molecule has 2 amide bonds. The van der Waals surface area contributed by atoms with Crippen LogP contribution in [-0.2, 0) is 14.8 Å². The maximum Gasteiger partial charge on any atom is 0.264 e. The number of ether oxygens (including phenoxy) is 2. The van der Waals surface area contributed by atoms with Crippen LogP contribution in [0, 0.1) is 0 Å². The highest BCUT2D eigenvalue weighted by molar-refractivity contribution is 7.92. The zero-order chi connectivity index (χ0) is 30.1. The topological polar surface area (TPSA) is 126 Å². The van der Waals surface area contributed by atoms with Crippen LogP contribution in [0.2, 0.25) is 0 Å². The van der Waals surface area contributed by atoms with Crippen LogP contribution in [0.1, 0.15) is 22.8 Å². The van der Waals surface area contributed by atoms with Crippen LogP contribution in [0.3, 0.4) is 0 Å². The summed E-state index contributed by atoms with van der Waals surface area (Å²) in [7, 11) is -1.32. The van der Waals surface area contributed by atoms with Crippen LogP contribution in [0.5, 0.6) is 11.5 Å². The van der Waals surface area contributed by atoms with Crippen LogP contribution < -0.4 is 24.5 Å². The Morgan fingerprint density at radius 1 is 0.810 bits per heavy atom. The second-order valence-corrected chi connectivity index (χ2v) is 10.9. The van der Waals surface area contributed by atoms with Gasteiger partial charge in [0, 0.05) is 17.3 Å². The second-order valence-electron chi connectivity index (χ2n) is 8.99. The second kappa shape index (κ2) is 13.5. The van der Waals surface area contributed by atoms with Crippen molar-refractivity contribution in [2.45, 2.75) is 11.8 Å². The van der Waals surface area contributed by atoms with Crippen LogP contribution in [0.15, 0.2) is 113 Å². The number of nitrogens with zero attached hydrogens (tertiary/aromatic N) is 2. The fourth-order valence-electron chi connectivity index (χ4n) is 3.98. The van der Waals surface area contributed by atoms with Gasteiger partial charge in [-0.1, -0.05) is 48.5 Å². The average Bonchev–Trinajstić information content (AvgIpc) is 3.03. The number of hydrogen-bond acceptors (Lipinski definition) is 7. The molecule has 0 bridgehead atoms. The van der Waals surface area contributed by atoms with Crippen molar-refractivity contribution in [1.29, 1.82) is 0 Å². The summed E-state index contributed by atoms with van der Waals surface area (Å²) < 4.78 is 39.0. The maximum absolute atomic E-state index is 13.7. The number of anilines is 2. The van der Waals surface area contributed by atoms with E-state index in [4.69, 9.17) is 9.47 Å². The summed E-state index contributed by atoms with van der Waals surface area (Å²) in [6.45, 7) is 1.11. The number of rotatable bonds is 11. The molecule has 0 aromatic heterocycles. The van der Waals surface area contributed by atoms with Gasteiger partial charge in [-0.3, -0.25) is 13.9 Å². The van der Waals surface area contributed by atoms with E-state index in [0.29, 0.717) is 28.3 Å². The summed E-state index contributed by atoms with van der Waals surface area (Å²) in [4.78, 5) is 25.5. The van der Waals surface area contributed by atoms with Crippen molar-refractivity contribution >= 4 is 38.9 Å². The van der Waals surface area contributed by atoms with E-state index in [1.165, 1.54) is 32.4 Å². The molecule has 4 rings (SSSR count). The van der Waals surface area contributed by atoms with Crippen molar-refractivity contribution in [1.82, 2.24) is 5.43 Å². The monoisotopic (exact) mass is 586 g/mol. The third kappa shape index (κ3) is 7.12. The summed E-state index contributed by atoms with van der Waals surface area (Å²) >= 11 is 0. The number of carbonyl (C=O) groups excluding carboxylic acids is 2. The normalized spacial score (nSPS) is 11.4. The van der Waals surface area contributed by atoms with Crippen LogP contribution in [0.4, 0.5) is 11.4 Å². The number of amides is 2. The van der Waals surface area contributed by atoms with Crippen LogP contribution in [0.25, 0.3) is 0 Å². The van der Waals surface area contributed by atoms with E-state index in [-0.39, 0.29) is 22.2 Å². The number of carbonyl (C=O) groups is 2. The molecule has 0 spiro atoms. The summed E-state index contributed by atoms with van der Waals surface area (Å²) in [6.07, 6.45) is 0. The van der Waals surface area contributed by atoms with E-state index < -0.39 is 22.5 Å². The van der Waals surface area contributed by atoms with Crippen LogP contribution >= 0.6 is 0 Å². The lowest BCUT2D eigenvalue weighted by Crippen LogP contribution is -2.40. The lowest BCUT2D eigenvalue weighted by molar-refractivity contribution is -0.119. The first-order valence-corrected chi connectivity index (χ1v) is 14.3. The molecule has 0 radical (unpaired) electrons. The zero-order valence-electron chi connectivity index (χ0n) is 23.3. The van der Waals surface area contributed by atoms with Gasteiger partial charge in [-0.25, -0.2) is 13.8 Å². The summed E-state index contributed by atoms with van der Waals surface area (Å²) in [5.74, 6) is -0.284. The SMILES string of the molecule is COc1ccc(OC)c(N(CC(=O)N/N=C(/C)c2ccc(NC(=O)c3ccccc3)cc2)S(=O)(=O)c2ccccc2)c1. The lowest BCUT2D eigenvalue weighted by atomic mass is 10.1. The molecular formula is C31H30N4O6S. The molecule has 0 saturated heterocycles. The average molecular weight is 587 g/mol. The predicted molar refractivity (Wildman–Crippen MR) is 162 cm³/mol. The molecule has 2 N–H and O–H groups in total. The summed E-state index contributed by atoms with van der Waals surface area (Å²) in [6, 6.07) is 28.3. The van der Waals surface area contributed by atoms with Gasteiger partial charge in [-0.2, -0.15) is 5.10 Å². The number of sulfonamides is 1. The molecule has 4 aromatic rings. The van der Waals surface area contributed by atoms with Gasteiger partial charge in [-0.05, 0) is 61.0 Å². The molecular weight excluding hydrogens is 556 g/mol. The molecule has 0 unspecified atom stereocenters. The predicted octanol–water partition coefficient (Wildman–Crippen LogP) is 4.69. The van der Waals surface area contributed by atoms with Crippen molar-refractivity contribution in [3.8, 4) is 11.5 Å². The fourth-order valence-corrected chi connectivity index (χ4v) is 5.42. The minimum atomic E-state index is -4.18. The van der Waals surface area contributed by atoms with Gasteiger partial charge >= 0.3 is 0 Å². The van der Waals surface area contributed by atoms with Gasteiger partial charge in [-0.15, -0.1) is 0 Å². The summed E-state index contributed by atoms with van der Waals surface area (Å²) in [5.41, 5.74) is 4.87. The molecule has 0 saturated carbocycles. The molecule has 0 aliphatic rings. The number of methoxy groups -OCH3 is 2. The highest BCUT2D eigenvalue weighted by Gasteiger charge is 2.30. The Hall–Kier alpha value is -5.16. The quantitative estimate of drug-likeness (QED) is 0.194. The molecule has 0 atom stereocenters. The molecule has 216 valence electrons. The van der Waals surface area contributed by atoms with Gasteiger partial charge in [0.1, 0.15) is 18.0 Å². The first-order chi connectivity index (χ1) is 20.2. The zero-order valence-corrected chi connectivity index (χ0v) is 24.1. The Bertz CT molecular complexity index is 1680. The molecule has 42 heavy (non-hydrogen) atoms. The third-order valence-electron chi connectivity index (χ3n) is 6.22. The van der Waals surface area contributed by atoms with Crippen molar-refractivity contribution in [2.75, 3.05) is 30.4 Å². The molecule has 0 aliphatic heterocycles. The standard InChI is InChI=1S/C31H30N4O6S/c1-22(23-14-16-25(17-15-23)32-31(37)24-10-6-4-7-11-24)33-34-30(36)21-35(42(38,39)27-12-8-5-9-13-27)28-20-26(40-2)18-19-29(28)41-3/h4-20H,21H2,1-3H3,(H,32,37)(H,34,36)/b33-22-. The molecule has 0 aliphatic carbocycles. The van der Waals surface area contributed by atoms with E-state index in [1.54, 1.807) is 85.8 Å². The Kier molecular flexibility index (Phi) is 9.56. The minimum Gasteiger partial charge on any atom is -0.497 e. The Morgan fingerprint density at radius 2 is 1.45 bits per heavy atom. The number of benzene rings is 4. The molecule has 4 aromatic carbocycles. The molecule has 10 nitrogen and oxygen atoms in total. The summed E-state index contributed by atoms with van der Waals surface area (Å²) in [5, 5.41) is 6.99. The Balaban J connectivity index is 1.52. The van der Waals surface area contributed by atoms with Gasteiger partial charge in [0.2, 0.25) is 0 Å². The number of nitrogens with one attached hydrogen (secondary N) is 2. The molecule has 0 heterocycles. The van der Waals surface area contributed by atoms with Gasteiger partial charge < -0.3 is 14.8 Å². The van der Waals surface area contributed by atoms with Crippen molar-refractivity contribution in [2.24, 2.45) is 5.10 Å². The van der Waals surface area contributed by atoms with Gasteiger partial charge in [0.25, 0.3) is 21.8 Å². The van der Waals surface area contributed by atoms with E-state index >= 15 is 0 Å². The van der Waals surface area contributed by atoms with E-state index in [2.05, 4.69) is 15.8 Å². The van der Waals surface area contributed by atoms with Gasteiger partial charge in [0.15, 0.2) is 0 Å². The number of hydrazone groups is 1.